The molecule has 7 nitrogen and oxygen atoms in total. The number of rotatable bonds is 4. The van der Waals surface area contributed by atoms with Gasteiger partial charge >= 0.3 is 6.09 Å². The van der Waals surface area contributed by atoms with E-state index in [1.54, 1.807) is 0 Å². The average Bonchev–Trinajstić information content (AvgIpc) is 3.29. The fraction of sp³-hybridized carbons (Fsp3) is 0.536. The molecule has 0 bridgehead atoms. The number of benzene rings is 1. The molecule has 0 saturated carbocycles. The number of nitrogens with zero attached hydrogens (tertiary/aromatic N) is 4. The van der Waals surface area contributed by atoms with E-state index >= 15 is 0 Å². The second kappa shape index (κ2) is 10.0. The zero-order valence-electron chi connectivity index (χ0n) is 21.5. The lowest BCUT2D eigenvalue weighted by Gasteiger charge is -2.46. The van der Waals surface area contributed by atoms with Gasteiger partial charge in [0.2, 0.25) is 0 Å². The predicted octanol–water partition coefficient (Wildman–Crippen LogP) is 5.93. The SMILES string of the molecule is CC(C)(C)OC(=O)N1CCC2(CCN(CCc3ccc(-c4cc5c(Cl)ncnc5[nH]4)cc3)CC2)CC1. The van der Waals surface area contributed by atoms with E-state index in [2.05, 4.69) is 44.1 Å². The Morgan fingerprint density at radius 1 is 1.06 bits per heavy atom. The molecule has 1 aromatic carbocycles. The molecule has 0 unspecified atom stereocenters. The summed E-state index contributed by atoms with van der Waals surface area (Å²) in [7, 11) is 0. The van der Waals surface area contributed by atoms with E-state index in [0.717, 1.165) is 74.3 Å². The summed E-state index contributed by atoms with van der Waals surface area (Å²) in [6.45, 7) is 10.8. The van der Waals surface area contributed by atoms with Crippen LogP contribution in [0, 0.1) is 5.41 Å². The Labute approximate surface area is 218 Å². The molecule has 0 atom stereocenters. The number of ether oxygens (including phenoxy) is 1. The molecule has 1 N–H and O–H groups in total. The van der Waals surface area contributed by atoms with Crippen LogP contribution in [0.2, 0.25) is 5.15 Å². The van der Waals surface area contributed by atoms with Crippen LogP contribution < -0.4 is 0 Å². The molecule has 5 rings (SSSR count). The Hall–Kier alpha value is -2.64. The van der Waals surface area contributed by atoms with Crippen molar-refractivity contribution < 1.29 is 9.53 Å². The van der Waals surface area contributed by atoms with Crippen molar-refractivity contribution in [2.24, 2.45) is 5.41 Å². The van der Waals surface area contributed by atoms with Gasteiger partial charge in [0.05, 0.1) is 5.39 Å². The highest BCUT2D eigenvalue weighted by Crippen LogP contribution is 2.41. The molecule has 0 aliphatic carbocycles. The zero-order chi connectivity index (χ0) is 25.3. The van der Waals surface area contributed by atoms with Gasteiger partial charge in [-0.25, -0.2) is 14.8 Å². The monoisotopic (exact) mass is 509 g/mol. The molecule has 1 spiro atoms. The van der Waals surface area contributed by atoms with Gasteiger partial charge in [-0.3, -0.25) is 0 Å². The van der Waals surface area contributed by atoms with Gasteiger partial charge in [0.1, 0.15) is 22.7 Å². The predicted molar refractivity (Wildman–Crippen MR) is 143 cm³/mol. The van der Waals surface area contributed by atoms with E-state index in [-0.39, 0.29) is 6.09 Å². The Kier molecular flexibility index (Phi) is 6.97. The van der Waals surface area contributed by atoms with Crippen LogP contribution in [0.4, 0.5) is 4.79 Å². The largest absolute Gasteiger partial charge is 0.444 e. The van der Waals surface area contributed by atoms with E-state index in [4.69, 9.17) is 16.3 Å². The summed E-state index contributed by atoms with van der Waals surface area (Å²) in [6.07, 6.45) is 6.98. The molecule has 2 aliphatic heterocycles. The number of carbonyl (C=O) groups excluding carboxylic acids is 1. The molecule has 3 aromatic rings. The van der Waals surface area contributed by atoms with E-state index in [1.165, 1.54) is 24.7 Å². The number of aromatic amines is 1. The van der Waals surface area contributed by atoms with Crippen molar-refractivity contribution in [3.05, 3.63) is 47.4 Å². The third-order valence-electron chi connectivity index (χ3n) is 7.75. The summed E-state index contributed by atoms with van der Waals surface area (Å²) in [6, 6.07) is 10.8. The van der Waals surface area contributed by atoms with Gasteiger partial charge in [0.15, 0.2) is 0 Å². The zero-order valence-corrected chi connectivity index (χ0v) is 22.3. The van der Waals surface area contributed by atoms with Gasteiger partial charge in [0, 0.05) is 25.3 Å². The molecule has 36 heavy (non-hydrogen) atoms. The molecule has 8 heteroatoms. The summed E-state index contributed by atoms with van der Waals surface area (Å²) >= 11 is 6.19. The quantitative estimate of drug-likeness (QED) is 0.441. The number of nitrogens with one attached hydrogen (secondary N) is 1. The molecular formula is C28H36ClN5O2. The molecule has 2 aromatic heterocycles. The van der Waals surface area contributed by atoms with Gasteiger partial charge < -0.3 is 19.5 Å². The number of hydrogen-bond donors (Lipinski definition) is 1. The van der Waals surface area contributed by atoms with E-state index in [9.17, 15) is 4.79 Å². The number of piperidine rings is 2. The average molecular weight is 510 g/mol. The molecule has 2 saturated heterocycles. The van der Waals surface area contributed by atoms with Gasteiger partial charge in [-0.15, -0.1) is 0 Å². The van der Waals surface area contributed by atoms with Crippen molar-refractivity contribution in [1.82, 2.24) is 24.8 Å². The molecule has 0 radical (unpaired) electrons. The van der Waals surface area contributed by atoms with E-state index in [1.807, 2.05) is 31.7 Å². The van der Waals surface area contributed by atoms with Crippen molar-refractivity contribution in [2.75, 3.05) is 32.7 Å². The lowest BCUT2D eigenvalue weighted by Crippen LogP contribution is -2.49. The first kappa shape index (κ1) is 25.0. The standard InChI is InChI=1S/C28H36ClN5O2/c1-27(2,3)36-26(35)34-16-11-28(12-17-34)9-14-33(15-10-28)13-8-20-4-6-21(7-5-20)23-18-22-24(29)30-19-31-25(22)32-23/h4-7,18-19H,8-17H2,1-3H3,(H,30,31,32). The van der Waals surface area contributed by atoms with Crippen molar-refractivity contribution in [1.29, 1.82) is 0 Å². The van der Waals surface area contributed by atoms with Crippen molar-refractivity contribution >= 4 is 28.7 Å². The van der Waals surface area contributed by atoms with Crippen molar-refractivity contribution in [2.45, 2.75) is 58.5 Å². The lowest BCUT2D eigenvalue weighted by molar-refractivity contribution is -0.00227. The molecule has 2 aliphatic rings. The highest BCUT2D eigenvalue weighted by Gasteiger charge is 2.39. The first-order valence-corrected chi connectivity index (χ1v) is 13.4. The maximum Gasteiger partial charge on any atom is 0.410 e. The Morgan fingerprint density at radius 2 is 1.72 bits per heavy atom. The summed E-state index contributed by atoms with van der Waals surface area (Å²) in [4.78, 5) is 28.5. The number of aromatic nitrogens is 3. The molecular weight excluding hydrogens is 474 g/mol. The maximum atomic E-state index is 12.4. The molecule has 1 amide bonds. The number of H-pyrrole nitrogens is 1. The number of likely N-dealkylation sites (tertiary alicyclic amines) is 2. The van der Waals surface area contributed by atoms with Gasteiger partial charge in [-0.2, -0.15) is 0 Å². The van der Waals surface area contributed by atoms with Crippen LogP contribution >= 0.6 is 11.6 Å². The van der Waals surface area contributed by atoms with Crippen LogP contribution in [0.25, 0.3) is 22.3 Å². The Morgan fingerprint density at radius 3 is 2.36 bits per heavy atom. The smallest absolute Gasteiger partial charge is 0.410 e. The molecule has 2 fully saturated rings. The summed E-state index contributed by atoms with van der Waals surface area (Å²) in [5, 5.41) is 1.31. The van der Waals surface area contributed by atoms with E-state index in [0.29, 0.717) is 10.6 Å². The summed E-state index contributed by atoms with van der Waals surface area (Å²) in [5.74, 6) is 0. The van der Waals surface area contributed by atoms with Crippen LogP contribution in [0.3, 0.4) is 0 Å². The minimum atomic E-state index is -0.433. The first-order chi connectivity index (χ1) is 17.2. The van der Waals surface area contributed by atoms with E-state index < -0.39 is 5.60 Å². The second-order valence-electron chi connectivity index (χ2n) is 11.4. The number of halogens is 1. The summed E-state index contributed by atoms with van der Waals surface area (Å²) < 4.78 is 5.56. The van der Waals surface area contributed by atoms with Crippen LogP contribution in [0.15, 0.2) is 36.7 Å². The van der Waals surface area contributed by atoms with Gasteiger partial charge in [0.25, 0.3) is 0 Å². The highest BCUT2D eigenvalue weighted by atomic mass is 35.5. The first-order valence-electron chi connectivity index (χ1n) is 13.0. The van der Waals surface area contributed by atoms with Crippen molar-refractivity contribution in [3.63, 3.8) is 0 Å². The normalized spacial score (nSPS) is 18.6. The third kappa shape index (κ3) is 5.68. The summed E-state index contributed by atoms with van der Waals surface area (Å²) in [5.41, 5.74) is 4.18. The van der Waals surface area contributed by atoms with Gasteiger partial charge in [-0.05, 0) is 88.6 Å². The number of amides is 1. The Balaban J connectivity index is 1.09. The highest BCUT2D eigenvalue weighted by molar-refractivity contribution is 6.34. The topological polar surface area (TPSA) is 74.3 Å². The van der Waals surface area contributed by atoms with Gasteiger partial charge in [-0.1, -0.05) is 35.9 Å². The van der Waals surface area contributed by atoms with Crippen LogP contribution in [-0.4, -0.2) is 69.2 Å². The number of hydrogen-bond acceptors (Lipinski definition) is 5. The van der Waals surface area contributed by atoms with Crippen LogP contribution in [-0.2, 0) is 11.2 Å². The fourth-order valence-corrected chi connectivity index (χ4v) is 5.63. The maximum absolute atomic E-state index is 12.4. The molecule has 192 valence electrons. The minimum absolute atomic E-state index is 0.164. The number of carbonyl (C=O) groups is 1. The Bertz CT molecular complexity index is 1200. The fourth-order valence-electron chi connectivity index (χ4n) is 5.44. The third-order valence-corrected chi connectivity index (χ3v) is 8.05. The second-order valence-corrected chi connectivity index (χ2v) is 11.7. The number of fused-ring (bicyclic) bond motifs is 1. The lowest BCUT2D eigenvalue weighted by atomic mass is 9.71. The molecule has 4 heterocycles. The van der Waals surface area contributed by atoms with Crippen LogP contribution in [0.5, 0.6) is 0 Å². The van der Waals surface area contributed by atoms with Crippen molar-refractivity contribution in [3.8, 4) is 11.3 Å². The van der Waals surface area contributed by atoms with Crippen LogP contribution in [0.1, 0.15) is 52.0 Å². The minimum Gasteiger partial charge on any atom is -0.444 e.